The highest BCUT2D eigenvalue weighted by Gasteiger charge is 2.73. The summed E-state index contributed by atoms with van der Waals surface area (Å²) in [4.78, 5) is 3.51. The maximum absolute atomic E-state index is 7.66. The van der Waals surface area contributed by atoms with E-state index in [2.05, 4.69) is 16.7 Å². The Balaban J connectivity index is 0.771. The number of fused-ring (bicyclic) bond motifs is 17. The lowest BCUT2D eigenvalue weighted by Gasteiger charge is -2.55. The zero-order valence-corrected chi connectivity index (χ0v) is 38.0. The van der Waals surface area contributed by atoms with Gasteiger partial charge >= 0.3 is 0 Å². The average Bonchev–Trinajstić information content (AvgIpc) is 4.03. The topological polar surface area (TPSA) is 12.5 Å². The number of hydrogen-bond acceptors (Lipinski definition) is 3. The quantitative estimate of drug-likeness (QED) is 0.281. The fraction of sp³-hybridized carbons (Fsp3) is 1.00. The van der Waals surface area contributed by atoms with Gasteiger partial charge in [-0.25, -0.2) is 0 Å². The lowest BCUT2D eigenvalue weighted by atomic mass is 9.53. The van der Waals surface area contributed by atoms with E-state index in [1.807, 2.05) is 0 Å². The summed E-state index contributed by atoms with van der Waals surface area (Å²) in [5.41, 5.74) is 0.756. The molecule has 13 rings (SSSR count). The van der Waals surface area contributed by atoms with Gasteiger partial charge in [-0.2, -0.15) is 11.8 Å². The van der Waals surface area contributed by atoms with Gasteiger partial charge in [0.2, 0.25) is 0 Å². The molecule has 18 unspecified atom stereocenters. The van der Waals surface area contributed by atoms with Crippen molar-refractivity contribution in [3.63, 3.8) is 0 Å². The highest BCUT2D eigenvalue weighted by molar-refractivity contribution is 8.00. The molecule has 0 bridgehead atoms. The SMILES string of the molecule is C1CCC(N(C2CCC(C3CCCC4C5CCC6SC7CCCCC7C6C5OC34)CC2)C2CCCC3C2C2CCCCC2C32C3CCCCC3C3CCCCC32)CC1. The molecule has 1 spiro atoms. The van der Waals surface area contributed by atoms with E-state index in [1.54, 1.807) is 96.3 Å². The van der Waals surface area contributed by atoms with Crippen LogP contribution in [0.4, 0.5) is 0 Å². The first-order chi connectivity index (χ1) is 28.8. The molecule has 0 radical (unpaired) electrons. The Kier molecular flexibility index (Phi) is 10.5. The first-order valence-electron chi connectivity index (χ1n) is 27.9. The maximum atomic E-state index is 7.66. The van der Waals surface area contributed by atoms with Gasteiger partial charge in [0.25, 0.3) is 0 Å². The van der Waals surface area contributed by atoms with Crippen molar-refractivity contribution < 1.29 is 4.74 Å². The third kappa shape index (κ3) is 5.86. The van der Waals surface area contributed by atoms with Gasteiger partial charge in [-0.3, -0.25) is 4.90 Å². The molecule has 18 atom stereocenters. The number of nitrogens with zero attached hydrogens (tertiary/aromatic N) is 1. The molecule has 0 aromatic carbocycles. The van der Waals surface area contributed by atoms with Crippen molar-refractivity contribution in [1.29, 1.82) is 0 Å². The van der Waals surface area contributed by atoms with Crippen molar-refractivity contribution in [3.8, 4) is 0 Å². The van der Waals surface area contributed by atoms with Crippen molar-refractivity contribution in [2.24, 2.45) is 88.3 Å². The molecule has 2 heterocycles. The molecule has 11 saturated carbocycles. The molecule has 2 nitrogen and oxygen atoms in total. The van der Waals surface area contributed by atoms with E-state index < -0.39 is 0 Å². The number of ether oxygens (including phenoxy) is 1. The summed E-state index contributed by atoms with van der Waals surface area (Å²) in [5.74, 6) is 14.4. The molecule has 2 saturated heterocycles. The minimum Gasteiger partial charge on any atom is -0.374 e. The van der Waals surface area contributed by atoms with Crippen LogP contribution in [0.25, 0.3) is 0 Å². The standard InChI is InChI=1S/C55H87NOS/c1-2-14-35(15-3-1)56(48-26-13-25-47-51(48)42-18-6-10-24-46(42)55(47)44-22-8-4-16-38(44)39-17-5-9-23-45(39)55)36-30-28-34(29-31-36)37-20-12-21-40-41-32-33-50-52(54(41)57-53(37)40)43-19-7-11-27-49(43)58-50/h34-54H,1-33H2. The van der Waals surface area contributed by atoms with E-state index in [0.717, 1.165) is 117 Å². The van der Waals surface area contributed by atoms with Gasteiger partial charge in [-0.15, -0.1) is 0 Å². The molecule has 3 heteroatoms. The minimum atomic E-state index is 0.627. The summed E-state index contributed by atoms with van der Waals surface area (Å²) in [7, 11) is 0. The molecule has 324 valence electrons. The van der Waals surface area contributed by atoms with E-state index in [1.165, 1.54) is 116 Å². The summed E-state index contributed by atoms with van der Waals surface area (Å²) in [6, 6.07) is 2.73. The minimum absolute atomic E-state index is 0.627. The second-order valence-corrected chi connectivity index (χ2v) is 26.4. The van der Waals surface area contributed by atoms with Crippen LogP contribution >= 0.6 is 11.8 Å². The molecule has 58 heavy (non-hydrogen) atoms. The molecule has 13 aliphatic rings. The first kappa shape index (κ1) is 38.7. The third-order valence-electron chi connectivity index (χ3n) is 23.5. The largest absolute Gasteiger partial charge is 0.374 e. The zero-order valence-electron chi connectivity index (χ0n) is 37.2. The van der Waals surface area contributed by atoms with E-state index in [9.17, 15) is 0 Å². The van der Waals surface area contributed by atoms with Gasteiger partial charge in [0.1, 0.15) is 0 Å². The Morgan fingerprint density at radius 2 is 0.897 bits per heavy atom. The molecular formula is C55H87NOS. The molecule has 11 aliphatic carbocycles. The van der Waals surface area contributed by atoms with Crippen LogP contribution in [-0.4, -0.2) is 45.7 Å². The molecule has 13 fully saturated rings. The first-order valence-corrected chi connectivity index (χ1v) is 28.8. The molecule has 2 aliphatic heterocycles. The summed E-state index contributed by atoms with van der Waals surface area (Å²) in [6.45, 7) is 0. The molecule has 0 aromatic rings. The van der Waals surface area contributed by atoms with Crippen molar-refractivity contribution in [2.45, 2.75) is 253 Å². The average molecular weight is 810 g/mol. The van der Waals surface area contributed by atoms with Crippen LogP contribution in [0.5, 0.6) is 0 Å². The van der Waals surface area contributed by atoms with Crippen molar-refractivity contribution in [3.05, 3.63) is 0 Å². The van der Waals surface area contributed by atoms with Crippen LogP contribution in [0.1, 0.15) is 212 Å². The Morgan fingerprint density at radius 1 is 0.345 bits per heavy atom. The van der Waals surface area contributed by atoms with Crippen LogP contribution in [0.3, 0.4) is 0 Å². The van der Waals surface area contributed by atoms with E-state index in [-0.39, 0.29) is 0 Å². The summed E-state index contributed by atoms with van der Waals surface area (Å²) in [6.07, 6.45) is 52.7. The van der Waals surface area contributed by atoms with E-state index in [0.29, 0.717) is 12.2 Å². The molecule has 0 amide bonds. The molecule has 0 N–H and O–H groups in total. The maximum Gasteiger partial charge on any atom is 0.0652 e. The number of thioether (sulfide) groups is 1. The smallest absolute Gasteiger partial charge is 0.0652 e. The van der Waals surface area contributed by atoms with Crippen molar-refractivity contribution in [2.75, 3.05) is 0 Å². The lowest BCUT2D eigenvalue weighted by Crippen LogP contribution is -2.57. The summed E-state index contributed by atoms with van der Waals surface area (Å²) >= 11 is 2.46. The molecular weight excluding hydrogens is 723 g/mol. The predicted molar refractivity (Wildman–Crippen MR) is 241 cm³/mol. The predicted octanol–water partition coefficient (Wildman–Crippen LogP) is 14.3. The highest BCUT2D eigenvalue weighted by Crippen LogP contribution is 2.78. The molecule has 0 aromatic heterocycles. The van der Waals surface area contributed by atoms with Gasteiger partial charge in [0, 0.05) is 34.5 Å². The monoisotopic (exact) mass is 810 g/mol. The Bertz CT molecular complexity index is 1430. The third-order valence-corrected chi connectivity index (χ3v) is 25.4. The number of rotatable bonds is 4. The highest BCUT2D eigenvalue weighted by atomic mass is 32.2. The van der Waals surface area contributed by atoms with Gasteiger partial charge in [-0.05, 0) is 211 Å². The van der Waals surface area contributed by atoms with Gasteiger partial charge < -0.3 is 4.74 Å². The van der Waals surface area contributed by atoms with Crippen LogP contribution in [-0.2, 0) is 4.74 Å². The Labute approximate surface area is 360 Å². The van der Waals surface area contributed by atoms with Crippen LogP contribution in [0.2, 0.25) is 0 Å². The van der Waals surface area contributed by atoms with Crippen LogP contribution in [0.15, 0.2) is 0 Å². The zero-order chi connectivity index (χ0) is 38.0. The Morgan fingerprint density at radius 3 is 1.66 bits per heavy atom. The second-order valence-electron chi connectivity index (χ2n) is 25.0. The van der Waals surface area contributed by atoms with E-state index in [4.69, 9.17) is 4.74 Å². The fourth-order valence-electron chi connectivity index (χ4n) is 22.3. The van der Waals surface area contributed by atoms with Crippen molar-refractivity contribution >= 4 is 11.8 Å². The van der Waals surface area contributed by atoms with Crippen LogP contribution < -0.4 is 0 Å². The van der Waals surface area contributed by atoms with Gasteiger partial charge in [0.15, 0.2) is 0 Å². The lowest BCUT2D eigenvalue weighted by molar-refractivity contribution is -0.0827. The summed E-state index contributed by atoms with van der Waals surface area (Å²) in [5, 5.41) is 1.92. The van der Waals surface area contributed by atoms with Gasteiger partial charge in [0.05, 0.1) is 12.2 Å². The normalized spacial score (nSPS) is 56.4. The number of hydrogen-bond donors (Lipinski definition) is 0. The summed E-state index contributed by atoms with van der Waals surface area (Å²) < 4.78 is 7.66. The van der Waals surface area contributed by atoms with Crippen LogP contribution in [0, 0.1) is 88.3 Å². The fourth-order valence-corrected chi connectivity index (χ4v) is 24.4. The Hall–Kier alpha value is 0.270. The van der Waals surface area contributed by atoms with Crippen molar-refractivity contribution in [1.82, 2.24) is 4.90 Å². The van der Waals surface area contributed by atoms with E-state index >= 15 is 0 Å². The van der Waals surface area contributed by atoms with Gasteiger partial charge in [-0.1, -0.05) is 83.5 Å². The second kappa shape index (κ2) is 15.8.